The first-order valence-corrected chi connectivity index (χ1v) is 5.88. The summed E-state index contributed by atoms with van der Waals surface area (Å²) in [7, 11) is 0. The molecule has 0 aromatic carbocycles. The van der Waals surface area contributed by atoms with E-state index in [0.29, 0.717) is 0 Å². The van der Waals surface area contributed by atoms with Crippen molar-refractivity contribution in [1.29, 1.82) is 0 Å². The minimum absolute atomic E-state index is 0. The lowest BCUT2D eigenvalue weighted by molar-refractivity contribution is 0.227. The summed E-state index contributed by atoms with van der Waals surface area (Å²) in [6, 6.07) is 0. The van der Waals surface area contributed by atoms with E-state index in [2.05, 4.69) is 10.1 Å². The summed E-state index contributed by atoms with van der Waals surface area (Å²) in [5, 5.41) is 4.01. The highest BCUT2D eigenvalue weighted by atomic mass is 35.5. The first-order chi connectivity index (χ1) is 7.26. The minimum Gasteiger partial charge on any atom is -0.339 e. The zero-order valence-electron chi connectivity index (χ0n) is 9.32. The summed E-state index contributed by atoms with van der Waals surface area (Å²) in [6.45, 7) is 0. The molecular formula is C11H18ClN3O. The normalized spacial score (nSPS) is 23.1. The molecule has 2 aliphatic carbocycles. The molecule has 0 amide bonds. The fourth-order valence-electron chi connectivity index (χ4n) is 2.27. The number of hydrogen-bond acceptors (Lipinski definition) is 4. The van der Waals surface area contributed by atoms with E-state index >= 15 is 0 Å². The predicted octanol–water partition coefficient (Wildman–Crippen LogP) is 2.17. The molecule has 3 rings (SSSR count). The first-order valence-electron chi connectivity index (χ1n) is 5.88. The number of halogens is 1. The Bertz CT molecular complexity index is 358. The van der Waals surface area contributed by atoms with E-state index in [9.17, 15) is 0 Å². The summed E-state index contributed by atoms with van der Waals surface area (Å²) in [5.74, 6) is 2.28. The molecule has 90 valence electrons. The van der Waals surface area contributed by atoms with Gasteiger partial charge in [-0.15, -0.1) is 12.4 Å². The predicted molar refractivity (Wildman–Crippen MR) is 62.3 cm³/mol. The Kier molecular flexibility index (Phi) is 3.22. The molecule has 2 aliphatic rings. The third-order valence-corrected chi connectivity index (χ3v) is 3.85. The van der Waals surface area contributed by atoms with Gasteiger partial charge in [-0.25, -0.2) is 0 Å². The van der Waals surface area contributed by atoms with Crippen LogP contribution in [0, 0.1) is 5.92 Å². The van der Waals surface area contributed by atoms with Gasteiger partial charge in [-0.05, 0) is 38.0 Å². The lowest BCUT2D eigenvalue weighted by Gasteiger charge is -2.34. The number of hydrogen-bond donors (Lipinski definition) is 1. The van der Waals surface area contributed by atoms with Crippen LogP contribution in [0.2, 0.25) is 0 Å². The van der Waals surface area contributed by atoms with E-state index in [1.54, 1.807) is 0 Å². The van der Waals surface area contributed by atoms with Gasteiger partial charge < -0.3 is 10.3 Å². The van der Waals surface area contributed by atoms with Crippen LogP contribution in [-0.2, 0) is 12.0 Å². The van der Waals surface area contributed by atoms with Crippen LogP contribution in [0.3, 0.4) is 0 Å². The van der Waals surface area contributed by atoms with Crippen molar-refractivity contribution < 1.29 is 4.52 Å². The number of rotatable bonds is 3. The summed E-state index contributed by atoms with van der Waals surface area (Å²) in [6.07, 6.45) is 8.10. The molecule has 5 heteroatoms. The molecule has 0 aliphatic heterocycles. The Morgan fingerprint density at radius 1 is 1.31 bits per heavy atom. The zero-order chi connectivity index (χ0) is 10.3. The van der Waals surface area contributed by atoms with Crippen LogP contribution in [-0.4, -0.2) is 10.1 Å². The van der Waals surface area contributed by atoms with Crippen molar-refractivity contribution in [3.05, 3.63) is 11.7 Å². The monoisotopic (exact) mass is 243 g/mol. The van der Waals surface area contributed by atoms with Crippen LogP contribution in [0.1, 0.15) is 50.2 Å². The van der Waals surface area contributed by atoms with Gasteiger partial charge in [0.15, 0.2) is 5.82 Å². The van der Waals surface area contributed by atoms with Crippen LogP contribution in [0.25, 0.3) is 0 Å². The summed E-state index contributed by atoms with van der Waals surface area (Å²) < 4.78 is 5.25. The highest BCUT2D eigenvalue weighted by Crippen LogP contribution is 2.37. The molecule has 0 atom stereocenters. The van der Waals surface area contributed by atoms with Crippen LogP contribution in [0.4, 0.5) is 0 Å². The summed E-state index contributed by atoms with van der Waals surface area (Å²) in [4.78, 5) is 4.42. The Morgan fingerprint density at radius 2 is 2.06 bits per heavy atom. The molecule has 16 heavy (non-hydrogen) atoms. The zero-order valence-corrected chi connectivity index (χ0v) is 10.1. The van der Waals surface area contributed by atoms with Gasteiger partial charge in [0.05, 0.1) is 5.54 Å². The number of nitrogens with zero attached hydrogens (tertiary/aromatic N) is 2. The van der Waals surface area contributed by atoms with Gasteiger partial charge in [-0.1, -0.05) is 11.6 Å². The molecule has 2 saturated carbocycles. The highest BCUT2D eigenvalue weighted by Gasteiger charge is 2.39. The van der Waals surface area contributed by atoms with E-state index < -0.39 is 0 Å². The van der Waals surface area contributed by atoms with Gasteiger partial charge in [0.1, 0.15) is 0 Å². The smallest absolute Gasteiger partial charge is 0.226 e. The van der Waals surface area contributed by atoms with E-state index in [1.807, 2.05) is 0 Å². The Balaban J connectivity index is 0.000000963. The average molecular weight is 244 g/mol. The molecule has 2 fully saturated rings. The van der Waals surface area contributed by atoms with Gasteiger partial charge in [0, 0.05) is 6.42 Å². The van der Waals surface area contributed by atoms with Gasteiger partial charge in [-0.3, -0.25) is 0 Å². The third kappa shape index (κ3) is 1.96. The Labute approximate surface area is 101 Å². The first kappa shape index (κ1) is 11.9. The molecule has 0 radical (unpaired) electrons. The fourth-order valence-corrected chi connectivity index (χ4v) is 2.27. The van der Waals surface area contributed by atoms with Crippen molar-refractivity contribution in [3.63, 3.8) is 0 Å². The van der Waals surface area contributed by atoms with Crippen molar-refractivity contribution in [3.8, 4) is 0 Å². The van der Waals surface area contributed by atoms with Crippen LogP contribution >= 0.6 is 12.4 Å². The third-order valence-electron chi connectivity index (χ3n) is 3.85. The molecule has 0 saturated heterocycles. The van der Waals surface area contributed by atoms with E-state index in [4.69, 9.17) is 10.3 Å². The maximum atomic E-state index is 6.13. The van der Waals surface area contributed by atoms with E-state index in [0.717, 1.165) is 36.9 Å². The summed E-state index contributed by atoms with van der Waals surface area (Å²) in [5.41, 5.74) is 5.85. The molecule has 0 spiro atoms. The van der Waals surface area contributed by atoms with Crippen molar-refractivity contribution in [2.24, 2.45) is 11.7 Å². The van der Waals surface area contributed by atoms with E-state index in [1.165, 1.54) is 25.7 Å². The molecular weight excluding hydrogens is 226 g/mol. The van der Waals surface area contributed by atoms with Gasteiger partial charge in [0.25, 0.3) is 0 Å². The molecule has 1 heterocycles. The maximum Gasteiger partial charge on any atom is 0.226 e. The molecule has 1 aromatic heterocycles. The molecule has 0 unspecified atom stereocenters. The second kappa shape index (κ2) is 4.34. The van der Waals surface area contributed by atoms with Gasteiger partial charge >= 0.3 is 0 Å². The van der Waals surface area contributed by atoms with Crippen molar-refractivity contribution in [1.82, 2.24) is 10.1 Å². The summed E-state index contributed by atoms with van der Waals surface area (Å²) >= 11 is 0. The van der Waals surface area contributed by atoms with Crippen molar-refractivity contribution in [2.45, 2.75) is 50.5 Å². The number of nitrogens with two attached hydrogens (primary N) is 1. The topological polar surface area (TPSA) is 64.9 Å². The van der Waals surface area contributed by atoms with Gasteiger partial charge in [-0.2, -0.15) is 4.98 Å². The van der Waals surface area contributed by atoms with Crippen LogP contribution < -0.4 is 5.73 Å². The van der Waals surface area contributed by atoms with Gasteiger partial charge in [0.2, 0.25) is 5.89 Å². The SMILES string of the molecule is Cl.NC1(c2noc(CC3CCC3)n2)CCC1. The average Bonchev–Trinajstić information content (AvgIpc) is 2.56. The van der Waals surface area contributed by atoms with E-state index in [-0.39, 0.29) is 17.9 Å². The van der Waals surface area contributed by atoms with Crippen molar-refractivity contribution in [2.75, 3.05) is 0 Å². The lowest BCUT2D eigenvalue weighted by Crippen LogP contribution is -2.44. The molecule has 0 bridgehead atoms. The van der Waals surface area contributed by atoms with Crippen molar-refractivity contribution >= 4 is 12.4 Å². The maximum absolute atomic E-state index is 6.13. The second-order valence-electron chi connectivity index (χ2n) is 5.02. The lowest BCUT2D eigenvalue weighted by atomic mass is 9.77. The molecule has 1 aromatic rings. The second-order valence-corrected chi connectivity index (χ2v) is 5.02. The van der Waals surface area contributed by atoms with Crippen LogP contribution in [0.5, 0.6) is 0 Å². The minimum atomic E-state index is -0.276. The fraction of sp³-hybridized carbons (Fsp3) is 0.818. The molecule has 4 nitrogen and oxygen atoms in total. The van der Waals surface area contributed by atoms with Crippen LogP contribution in [0.15, 0.2) is 4.52 Å². The number of aromatic nitrogens is 2. The Hall–Kier alpha value is -0.610. The Morgan fingerprint density at radius 3 is 2.56 bits per heavy atom. The molecule has 2 N–H and O–H groups in total. The largest absolute Gasteiger partial charge is 0.339 e. The standard InChI is InChI=1S/C11H17N3O.ClH/c12-11(5-2-6-11)10-13-9(15-14-10)7-8-3-1-4-8;/h8H,1-7,12H2;1H. The highest BCUT2D eigenvalue weighted by molar-refractivity contribution is 5.85. The quantitative estimate of drug-likeness (QED) is 0.884.